The van der Waals surface area contributed by atoms with Crippen molar-refractivity contribution in [1.82, 2.24) is 9.44 Å². The minimum Gasteiger partial charge on any atom is -0.480 e. The second-order valence-corrected chi connectivity index (χ2v) is 14.0. The average Bonchev–Trinajstić information content (AvgIpc) is 2.98. The fourth-order valence-electron chi connectivity index (χ4n) is 4.89. The number of aliphatic carboxylic acids is 2. The minimum atomic E-state index is -4.40. The first-order chi connectivity index (χ1) is 21.1. The van der Waals surface area contributed by atoms with Gasteiger partial charge in [0.05, 0.1) is 23.0 Å². The van der Waals surface area contributed by atoms with Crippen LogP contribution in [0.25, 0.3) is 21.5 Å². The summed E-state index contributed by atoms with van der Waals surface area (Å²) in [6, 6.07) is 15.8. The molecule has 2 atom stereocenters. The Bertz CT molecular complexity index is 1820. The van der Waals surface area contributed by atoms with Crippen LogP contribution < -0.4 is 19.2 Å². The molecule has 0 heterocycles. The number of sulfonamides is 2. The van der Waals surface area contributed by atoms with Gasteiger partial charge in [-0.25, -0.2) is 16.8 Å². The standard InChI is InChI=1S/C30H34N4O9S2/c1-33(2)25-13-5-11-21-19(25)9-7-15-27(21)44(39,40)31-23(29(35)36)17-43-18-24(30(37)38)32-45(41,42)28-16-8-10-20-22(28)12-6-14-26(20)34(3)4/h5-16,23-24,31-32H,17-18H2,1-4H3,(H,35,36)(H,37,38). The van der Waals surface area contributed by atoms with Gasteiger partial charge in [0.2, 0.25) is 20.0 Å². The molecule has 0 fully saturated rings. The maximum absolute atomic E-state index is 13.3. The first-order valence-corrected chi connectivity index (χ1v) is 16.6. The average molecular weight is 659 g/mol. The topological polar surface area (TPSA) is 183 Å². The molecule has 2 unspecified atom stereocenters. The van der Waals surface area contributed by atoms with E-state index in [1.54, 1.807) is 64.6 Å². The predicted octanol–water partition coefficient (Wildman–Crippen LogP) is 2.30. The highest BCUT2D eigenvalue weighted by Gasteiger charge is 2.30. The van der Waals surface area contributed by atoms with E-state index < -0.39 is 57.3 Å². The molecule has 0 bridgehead atoms. The van der Waals surface area contributed by atoms with Crippen LogP contribution >= 0.6 is 0 Å². The van der Waals surface area contributed by atoms with E-state index in [4.69, 9.17) is 4.74 Å². The molecule has 240 valence electrons. The Balaban J connectivity index is 1.52. The number of carbonyl (C=O) groups is 2. The number of hydrogen-bond acceptors (Lipinski definition) is 9. The van der Waals surface area contributed by atoms with Crippen molar-refractivity contribution >= 4 is 64.9 Å². The van der Waals surface area contributed by atoms with E-state index in [2.05, 4.69) is 9.44 Å². The number of nitrogens with one attached hydrogen (secondary N) is 2. The van der Waals surface area contributed by atoms with Crippen molar-refractivity contribution < 1.29 is 41.4 Å². The number of ether oxygens (including phenoxy) is 1. The minimum absolute atomic E-state index is 0.154. The third-order valence-electron chi connectivity index (χ3n) is 7.02. The molecule has 4 rings (SSSR count). The van der Waals surface area contributed by atoms with Gasteiger partial charge in [0.15, 0.2) is 0 Å². The smallest absolute Gasteiger partial charge is 0.324 e. The molecule has 0 amide bonds. The molecule has 4 aromatic rings. The van der Waals surface area contributed by atoms with Gasteiger partial charge in [0, 0.05) is 61.1 Å². The van der Waals surface area contributed by atoms with Gasteiger partial charge in [0.1, 0.15) is 12.1 Å². The van der Waals surface area contributed by atoms with Gasteiger partial charge in [-0.05, 0) is 24.3 Å². The van der Waals surface area contributed by atoms with Gasteiger partial charge in [-0.1, -0.05) is 48.5 Å². The van der Waals surface area contributed by atoms with Gasteiger partial charge in [0.25, 0.3) is 0 Å². The van der Waals surface area contributed by atoms with Gasteiger partial charge in [-0.15, -0.1) is 0 Å². The molecule has 13 nitrogen and oxygen atoms in total. The van der Waals surface area contributed by atoms with Crippen LogP contribution in [0.5, 0.6) is 0 Å². The largest absolute Gasteiger partial charge is 0.480 e. The Morgan fingerprint density at radius 2 is 0.956 bits per heavy atom. The van der Waals surface area contributed by atoms with E-state index in [0.717, 1.165) is 11.4 Å². The zero-order chi connectivity index (χ0) is 33.1. The number of nitrogens with zero attached hydrogens (tertiary/aromatic N) is 2. The van der Waals surface area contributed by atoms with Crippen LogP contribution in [0.15, 0.2) is 82.6 Å². The van der Waals surface area contributed by atoms with E-state index in [1.807, 2.05) is 21.9 Å². The van der Waals surface area contributed by atoms with E-state index >= 15 is 0 Å². The van der Waals surface area contributed by atoms with Crippen molar-refractivity contribution in [3.8, 4) is 0 Å². The maximum Gasteiger partial charge on any atom is 0.324 e. The quantitative estimate of drug-likeness (QED) is 0.156. The molecule has 0 saturated heterocycles. The summed E-state index contributed by atoms with van der Waals surface area (Å²) in [7, 11) is -1.57. The van der Waals surface area contributed by atoms with Gasteiger partial charge >= 0.3 is 11.9 Å². The second kappa shape index (κ2) is 13.4. The molecule has 0 radical (unpaired) electrons. The number of fused-ring (bicyclic) bond motifs is 2. The second-order valence-electron chi connectivity index (χ2n) is 10.6. The number of hydrogen-bond donors (Lipinski definition) is 4. The molecule has 0 spiro atoms. The fourth-order valence-corrected chi connectivity index (χ4v) is 7.69. The van der Waals surface area contributed by atoms with Crippen LogP contribution in [0.2, 0.25) is 0 Å². The Morgan fingerprint density at radius 3 is 1.29 bits per heavy atom. The highest BCUT2D eigenvalue weighted by Crippen LogP contribution is 2.31. The summed E-state index contributed by atoms with van der Waals surface area (Å²) in [6.07, 6.45) is 0. The van der Waals surface area contributed by atoms with Gasteiger partial charge in [-0.2, -0.15) is 9.44 Å². The van der Waals surface area contributed by atoms with E-state index in [-0.39, 0.29) is 9.79 Å². The summed E-state index contributed by atoms with van der Waals surface area (Å²) in [4.78, 5) is 27.3. The number of carboxylic acids is 2. The third-order valence-corrected chi connectivity index (χ3v) is 10.1. The van der Waals surface area contributed by atoms with Crippen LogP contribution in [0.3, 0.4) is 0 Å². The summed E-state index contributed by atoms with van der Waals surface area (Å²) in [5, 5.41) is 21.5. The summed E-state index contributed by atoms with van der Waals surface area (Å²) < 4.78 is 62.8. The molecule has 0 saturated carbocycles. The highest BCUT2D eigenvalue weighted by molar-refractivity contribution is 7.90. The lowest BCUT2D eigenvalue weighted by Gasteiger charge is -2.20. The highest BCUT2D eigenvalue weighted by atomic mass is 32.2. The first-order valence-electron chi connectivity index (χ1n) is 13.6. The summed E-state index contributed by atoms with van der Waals surface area (Å²) in [5.41, 5.74) is 1.51. The normalized spacial score (nSPS) is 13.4. The van der Waals surface area contributed by atoms with Crippen LogP contribution in [-0.2, 0) is 34.4 Å². The van der Waals surface area contributed by atoms with Crippen molar-refractivity contribution in [3.63, 3.8) is 0 Å². The molecule has 15 heteroatoms. The molecule has 0 aliphatic rings. The summed E-state index contributed by atoms with van der Waals surface area (Å²) >= 11 is 0. The van der Waals surface area contributed by atoms with Crippen LogP contribution in [0, 0.1) is 0 Å². The van der Waals surface area contributed by atoms with E-state index in [9.17, 15) is 36.6 Å². The predicted molar refractivity (Wildman–Crippen MR) is 171 cm³/mol. The zero-order valence-electron chi connectivity index (χ0n) is 25.0. The number of rotatable bonds is 14. The molecule has 45 heavy (non-hydrogen) atoms. The van der Waals surface area contributed by atoms with Gasteiger partial charge < -0.3 is 24.7 Å². The Hall–Kier alpha value is -4.28. The lowest BCUT2D eigenvalue weighted by Crippen LogP contribution is -2.47. The maximum atomic E-state index is 13.3. The molecule has 4 aromatic carbocycles. The Morgan fingerprint density at radius 1 is 0.622 bits per heavy atom. The van der Waals surface area contributed by atoms with Crippen LogP contribution in [0.4, 0.5) is 11.4 Å². The van der Waals surface area contributed by atoms with E-state index in [1.165, 1.54) is 24.3 Å². The van der Waals surface area contributed by atoms with Crippen molar-refractivity contribution in [1.29, 1.82) is 0 Å². The SMILES string of the molecule is CN(C)c1cccc2c(S(=O)(=O)NC(COCC(NS(=O)(=O)c3cccc4c(N(C)C)cccc34)C(=O)O)C(=O)O)cccc12. The first kappa shape index (κ1) is 33.6. The van der Waals surface area contributed by atoms with E-state index in [0.29, 0.717) is 21.5 Å². The lowest BCUT2D eigenvalue weighted by molar-refractivity contribution is -0.141. The number of benzene rings is 4. The molecule has 4 N–H and O–H groups in total. The summed E-state index contributed by atoms with van der Waals surface area (Å²) in [5.74, 6) is -3.15. The van der Waals surface area contributed by atoms with Crippen molar-refractivity contribution in [3.05, 3.63) is 72.8 Å². The summed E-state index contributed by atoms with van der Waals surface area (Å²) in [6.45, 7) is -1.57. The monoisotopic (exact) mass is 658 g/mol. The molecule has 0 aliphatic heterocycles. The zero-order valence-corrected chi connectivity index (χ0v) is 26.6. The van der Waals surface area contributed by atoms with Gasteiger partial charge in [-0.3, -0.25) is 9.59 Å². The van der Waals surface area contributed by atoms with Crippen molar-refractivity contribution in [2.45, 2.75) is 21.9 Å². The van der Waals surface area contributed by atoms with Crippen molar-refractivity contribution in [2.75, 3.05) is 51.2 Å². The Labute approximate surface area is 261 Å². The molecule has 0 aromatic heterocycles. The Kier molecular flexibility index (Phi) is 9.99. The number of carboxylic acid groups (broad SMARTS) is 2. The molecular formula is C30H34N4O9S2. The molecular weight excluding hydrogens is 624 g/mol. The molecule has 0 aliphatic carbocycles. The van der Waals surface area contributed by atoms with Crippen LogP contribution in [0.1, 0.15) is 0 Å². The lowest BCUT2D eigenvalue weighted by atomic mass is 10.1. The third kappa shape index (κ3) is 7.34. The fraction of sp³-hybridized carbons (Fsp3) is 0.267. The van der Waals surface area contributed by atoms with Crippen molar-refractivity contribution in [2.24, 2.45) is 0 Å². The number of anilines is 2. The van der Waals surface area contributed by atoms with Crippen LogP contribution in [-0.4, -0.2) is 92.5 Å².